The normalized spacial score (nSPS) is 20.5. The first-order chi connectivity index (χ1) is 18.7. The number of nitriles is 1. The van der Waals surface area contributed by atoms with Crippen LogP contribution in [-0.2, 0) is 10.2 Å². The number of ether oxygens (including phenoxy) is 1. The van der Waals surface area contributed by atoms with Crippen molar-refractivity contribution in [3.63, 3.8) is 0 Å². The van der Waals surface area contributed by atoms with E-state index in [1.807, 2.05) is 0 Å². The maximum absolute atomic E-state index is 13.1. The second-order valence-corrected chi connectivity index (χ2v) is 10.9. The molecule has 2 fully saturated rings. The zero-order valence-electron chi connectivity index (χ0n) is 20.5. The molecule has 2 unspecified atom stereocenters. The second-order valence-electron chi connectivity index (χ2n) is 9.71. The van der Waals surface area contributed by atoms with Gasteiger partial charge in [-0.1, -0.05) is 46.9 Å². The van der Waals surface area contributed by atoms with Crippen LogP contribution < -0.4 is 10.5 Å². The molecule has 0 radical (unpaired) electrons. The van der Waals surface area contributed by atoms with Crippen LogP contribution in [0.1, 0.15) is 52.2 Å². The molecular formula is C29H22Cl3N3O4. The number of hydrogen-bond acceptors (Lipinski definition) is 6. The lowest BCUT2D eigenvalue weighted by Crippen LogP contribution is -2.18. The number of ketones is 1. The first-order valence-corrected chi connectivity index (χ1v) is 13.3. The molecule has 0 spiro atoms. The molecule has 1 aromatic heterocycles. The van der Waals surface area contributed by atoms with E-state index in [1.165, 1.54) is 12.3 Å². The van der Waals surface area contributed by atoms with Gasteiger partial charge in [0.05, 0.1) is 38.4 Å². The maximum atomic E-state index is 13.1. The maximum Gasteiger partial charge on any atom is 0.337 e. The van der Waals surface area contributed by atoms with Gasteiger partial charge in [-0.3, -0.25) is 9.78 Å². The van der Waals surface area contributed by atoms with Gasteiger partial charge in [0, 0.05) is 34.8 Å². The number of carboxylic acid groups (broad SMARTS) is 1. The lowest BCUT2D eigenvalue weighted by atomic mass is 9.92. The minimum atomic E-state index is -1.09. The lowest BCUT2D eigenvalue weighted by molar-refractivity contribution is -0.116. The SMILES string of the molecule is N#CC1(c2ccc(OCC(C(=O)C3CC3)=C(N)c3c(Cl)cccc3Cl)cc2Cl)CC1c1cncc(C(=O)O)c1. The predicted octanol–water partition coefficient (Wildman–Crippen LogP) is 6.42. The standard InChI is InChI=1S/C29H22Cl3N3O4/c30-22-2-1-3-23(31)25(22)26(34)19(27(36)15-4-5-15)13-39-18-6-7-20(24(32)9-18)29(14-33)10-21(29)16-8-17(28(37)38)12-35-11-16/h1-3,6-9,11-12,15,21H,4-5,10,13,34H2,(H,37,38). The molecule has 3 N–H and O–H groups in total. The van der Waals surface area contributed by atoms with Crippen molar-refractivity contribution in [1.29, 1.82) is 5.26 Å². The van der Waals surface area contributed by atoms with Gasteiger partial charge >= 0.3 is 5.97 Å². The van der Waals surface area contributed by atoms with Crippen LogP contribution in [0.25, 0.3) is 5.70 Å². The van der Waals surface area contributed by atoms with Crippen molar-refractivity contribution in [2.24, 2.45) is 11.7 Å². The number of aromatic nitrogens is 1. The molecule has 2 saturated carbocycles. The summed E-state index contributed by atoms with van der Waals surface area (Å²) in [6.45, 7) is -0.113. The summed E-state index contributed by atoms with van der Waals surface area (Å²) in [5.41, 5.74) is 7.68. The van der Waals surface area contributed by atoms with Gasteiger partial charge in [0.25, 0.3) is 0 Å². The number of carbonyl (C=O) groups excluding carboxylic acids is 1. The van der Waals surface area contributed by atoms with Crippen LogP contribution in [0, 0.1) is 17.2 Å². The molecule has 0 amide bonds. The Hall–Kier alpha value is -3.57. The summed E-state index contributed by atoms with van der Waals surface area (Å²) < 4.78 is 5.96. The number of Topliss-reactive ketones (excluding diaryl/α,β-unsaturated/α-hetero) is 1. The van der Waals surface area contributed by atoms with Gasteiger partial charge in [-0.05, 0) is 60.7 Å². The molecule has 3 aromatic rings. The highest BCUT2D eigenvalue weighted by Gasteiger charge is 2.58. The van der Waals surface area contributed by atoms with Crippen molar-refractivity contribution in [2.45, 2.75) is 30.6 Å². The van der Waals surface area contributed by atoms with Crippen LogP contribution in [-0.4, -0.2) is 28.4 Å². The average molecular weight is 583 g/mol. The summed E-state index contributed by atoms with van der Waals surface area (Å²) in [5, 5.41) is 20.3. The van der Waals surface area contributed by atoms with Gasteiger partial charge in [0.15, 0.2) is 5.78 Å². The quantitative estimate of drug-likeness (QED) is 0.279. The van der Waals surface area contributed by atoms with Gasteiger partial charge in [-0.15, -0.1) is 0 Å². The van der Waals surface area contributed by atoms with Gasteiger partial charge < -0.3 is 15.6 Å². The van der Waals surface area contributed by atoms with Gasteiger partial charge in [0.1, 0.15) is 12.4 Å². The van der Waals surface area contributed by atoms with Crippen molar-refractivity contribution in [2.75, 3.05) is 6.61 Å². The van der Waals surface area contributed by atoms with Gasteiger partial charge in [-0.2, -0.15) is 5.26 Å². The number of benzene rings is 2. The smallest absolute Gasteiger partial charge is 0.337 e. The number of halogens is 3. The Kier molecular flexibility index (Phi) is 7.30. The monoisotopic (exact) mass is 581 g/mol. The highest BCUT2D eigenvalue weighted by molar-refractivity contribution is 6.37. The molecule has 5 rings (SSSR count). The number of pyridine rings is 1. The molecule has 2 aromatic carbocycles. The van der Waals surface area contributed by atoms with E-state index in [0.717, 1.165) is 12.8 Å². The topological polar surface area (TPSA) is 126 Å². The molecule has 7 nitrogen and oxygen atoms in total. The third-order valence-electron chi connectivity index (χ3n) is 7.18. The van der Waals surface area contributed by atoms with Crippen molar-refractivity contribution in [1.82, 2.24) is 4.98 Å². The molecule has 0 aliphatic heterocycles. The third kappa shape index (κ3) is 5.20. The predicted molar refractivity (Wildman–Crippen MR) is 148 cm³/mol. The largest absolute Gasteiger partial charge is 0.489 e. The van der Waals surface area contributed by atoms with E-state index in [9.17, 15) is 20.0 Å². The summed E-state index contributed by atoms with van der Waals surface area (Å²) in [6.07, 6.45) is 4.89. The molecule has 0 saturated heterocycles. The number of carbonyl (C=O) groups is 2. The highest BCUT2D eigenvalue weighted by atomic mass is 35.5. The Morgan fingerprint density at radius 2 is 1.82 bits per heavy atom. The Bertz CT molecular complexity index is 1560. The van der Waals surface area contributed by atoms with Crippen molar-refractivity contribution < 1.29 is 19.4 Å². The zero-order chi connectivity index (χ0) is 27.9. The van der Waals surface area contributed by atoms with Crippen LogP contribution in [0.2, 0.25) is 15.1 Å². The Morgan fingerprint density at radius 3 is 2.44 bits per heavy atom. The van der Waals surface area contributed by atoms with E-state index in [4.69, 9.17) is 45.3 Å². The second kappa shape index (κ2) is 10.5. The summed E-state index contributed by atoms with van der Waals surface area (Å²) >= 11 is 19.3. The van der Waals surface area contributed by atoms with Crippen molar-refractivity contribution in [3.05, 3.63) is 97.8 Å². The van der Waals surface area contributed by atoms with E-state index in [1.54, 1.807) is 42.6 Å². The van der Waals surface area contributed by atoms with E-state index < -0.39 is 11.4 Å². The van der Waals surface area contributed by atoms with E-state index >= 15 is 0 Å². The molecule has 198 valence electrons. The summed E-state index contributed by atoms with van der Waals surface area (Å²) in [5.74, 6) is -1.15. The number of carboxylic acids is 1. The Morgan fingerprint density at radius 1 is 1.10 bits per heavy atom. The Balaban J connectivity index is 1.39. The molecule has 2 aliphatic rings. The van der Waals surface area contributed by atoms with Crippen LogP contribution in [0.15, 0.2) is 60.4 Å². The summed E-state index contributed by atoms with van der Waals surface area (Å²) in [7, 11) is 0. The van der Waals surface area contributed by atoms with Crippen molar-refractivity contribution >= 4 is 52.3 Å². The van der Waals surface area contributed by atoms with E-state index in [-0.39, 0.29) is 41.1 Å². The summed E-state index contributed by atoms with van der Waals surface area (Å²) in [4.78, 5) is 28.5. The molecule has 39 heavy (non-hydrogen) atoms. The minimum absolute atomic E-state index is 0.0584. The number of aromatic carboxylic acids is 1. The van der Waals surface area contributed by atoms with Crippen LogP contribution in [0.5, 0.6) is 5.75 Å². The number of nitrogens with two attached hydrogens (primary N) is 1. The van der Waals surface area contributed by atoms with Gasteiger partial charge in [-0.25, -0.2) is 4.79 Å². The van der Waals surface area contributed by atoms with E-state index in [0.29, 0.717) is 43.9 Å². The molecular weight excluding hydrogens is 561 g/mol. The lowest BCUT2D eigenvalue weighted by Gasteiger charge is -2.16. The number of nitrogens with zero attached hydrogens (tertiary/aromatic N) is 2. The first kappa shape index (κ1) is 27.0. The number of rotatable bonds is 9. The van der Waals surface area contributed by atoms with Crippen LogP contribution in [0.4, 0.5) is 0 Å². The van der Waals surface area contributed by atoms with Gasteiger partial charge in [0.2, 0.25) is 0 Å². The average Bonchev–Trinajstić information content (AvgIpc) is 3.84. The van der Waals surface area contributed by atoms with Crippen molar-refractivity contribution in [3.8, 4) is 11.8 Å². The molecule has 0 bridgehead atoms. The van der Waals surface area contributed by atoms with Crippen LogP contribution >= 0.6 is 34.8 Å². The fourth-order valence-electron chi connectivity index (χ4n) is 4.79. The first-order valence-electron chi connectivity index (χ1n) is 12.2. The molecule has 2 atom stereocenters. The zero-order valence-corrected chi connectivity index (χ0v) is 22.7. The third-order valence-corrected chi connectivity index (χ3v) is 8.12. The minimum Gasteiger partial charge on any atom is -0.489 e. The molecule has 2 aliphatic carbocycles. The fourth-order valence-corrected chi connectivity index (χ4v) is 5.73. The number of hydrogen-bond donors (Lipinski definition) is 2. The molecule has 1 heterocycles. The van der Waals surface area contributed by atoms with Crippen LogP contribution in [0.3, 0.4) is 0 Å². The summed E-state index contributed by atoms with van der Waals surface area (Å²) in [6, 6.07) is 13.9. The van der Waals surface area contributed by atoms with E-state index in [2.05, 4.69) is 11.1 Å². The Labute approximate surface area is 239 Å². The fraction of sp³-hybridized carbons (Fsp3) is 0.241. The highest BCUT2D eigenvalue weighted by Crippen LogP contribution is 2.61. The molecule has 10 heteroatoms.